The van der Waals surface area contributed by atoms with E-state index < -0.39 is 0 Å². The zero-order valence-electron chi connectivity index (χ0n) is 7.73. The van der Waals surface area contributed by atoms with E-state index in [2.05, 4.69) is 15.6 Å². The molecule has 0 radical (unpaired) electrons. The molecule has 1 aromatic heterocycles. The zero-order chi connectivity index (χ0) is 8.23. The molecule has 14 heavy (non-hydrogen) atoms. The Morgan fingerprint density at radius 1 is 1.36 bits per heavy atom. The summed E-state index contributed by atoms with van der Waals surface area (Å²) in [7, 11) is 0. The van der Waals surface area contributed by atoms with E-state index >= 15 is 0 Å². The topological polar surface area (TPSA) is 37.0 Å². The van der Waals surface area contributed by atoms with Crippen molar-refractivity contribution >= 4 is 41.3 Å². The first-order chi connectivity index (χ1) is 5.95. The number of rotatable bonds is 2. The number of nitrogens with zero attached hydrogens (tertiary/aromatic N) is 1. The lowest BCUT2D eigenvalue weighted by Gasteiger charge is -2.23. The maximum atomic E-state index is 4.20. The molecule has 82 valence electrons. The minimum absolute atomic E-state index is 0. The van der Waals surface area contributed by atoms with Crippen LogP contribution in [0, 0.1) is 0 Å². The normalized spacial score (nSPS) is 16.6. The van der Waals surface area contributed by atoms with Crippen LogP contribution in [0.25, 0.3) is 0 Å². The van der Waals surface area contributed by atoms with E-state index in [1.165, 1.54) is 12.8 Å². The highest BCUT2D eigenvalue weighted by Gasteiger charge is 2.12. The third-order valence-corrected chi connectivity index (χ3v) is 2.80. The van der Waals surface area contributed by atoms with Gasteiger partial charge in [-0.1, -0.05) is 0 Å². The molecular weight excluding hydrogens is 241 g/mol. The number of hydrogen-bond acceptors (Lipinski definition) is 4. The molecule has 1 saturated heterocycles. The van der Waals surface area contributed by atoms with Gasteiger partial charge in [0.25, 0.3) is 0 Å². The van der Waals surface area contributed by atoms with Gasteiger partial charge in [0.15, 0.2) is 5.13 Å². The zero-order valence-corrected chi connectivity index (χ0v) is 10.2. The summed E-state index contributed by atoms with van der Waals surface area (Å²) in [6, 6.07) is 0.623. The largest absolute Gasteiger partial charge is 0.359 e. The van der Waals surface area contributed by atoms with Crippen LogP contribution in [0.3, 0.4) is 0 Å². The predicted octanol–water partition coefficient (Wildman–Crippen LogP) is 2.15. The maximum absolute atomic E-state index is 4.20. The first-order valence-electron chi connectivity index (χ1n) is 4.32. The second-order valence-electron chi connectivity index (χ2n) is 3.01. The van der Waals surface area contributed by atoms with Crippen molar-refractivity contribution in [3.8, 4) is 0 Å². The van der Waals surface area contributed by atoms with Gasteiger partial charge in [0.2, 0.25) is 0 Å². The number of thiazole rings is 1. The molecule has 0 atom stereocenters. The van der Waals surface area contributed by atoms with Crippen LogP contribution in [0.15, 0.2) is 11.6 Å². The Hall–Kier alpha value is -0.0300. The minimum atomic E-state index is 0. The Labute approximate surface area is 101 Å². The fourth-order valence-corrected chi connectivity index (χ4v) is 2.04. The summed E-state index contributed by atoms with van der Waals surface area (Å²) >= 11 is 1.67. The number of aromatic nitrogens is 1. The van der Waals surface area contributed by atoms with Crippen molar-refractivity contribution in [2.24, 2.45) is 0 Å². The molecule has 0 unspecified atom stereocenters. The van der Waals surface area contributed by atoms with Crippen molar-refractivity contribution in [3.05, 3.63) is 11.6 Å². The van der Waals surface area contributed by atoms with Crippen molar-refractivity contribution < 1.29 is 0 Å². The summed E-state index contributed by atoms with van der Waals surface area (Å²) in [5, 5.41) is 9.83. The third-order valence-electron chi connectivity index (χ3n) is 2.10. The van der Waals surface area contributed by atoms with Crippen LogP contribution in [0.5, 0.6) is 0 Å². The van der Waals surface area contributed by atoms with Gasteiger partial charge in [-0.25, -0.2) is 4.98 Å². The predicted molar refractivity (Wildman–Crippen MR) is 66.1 cm³/mol. The standard InChI is InChI=1S/C8H13N3S.2ClH/c1-3-9-4-2-7(1)11-8-10-5-6-12-8;;/h5-7,9H,1-4H2,(H,10,11);2*1H. The van der Waals surface area contributed by atoms with Gasteiger partial charge in [-0.05, 0) is 25.9 Å². The van der Waals surface area contributed by atoms with Crippen LogP contribution < -0.4 is 10.6 Å². The van der Waals surface area contributed by atoms with Crippen molar-refractivity contribution in [2.75, 3.05) is 18.4 Å². The smallest absolute Gasteiger partial charge is 0.182 e. The number of anilines is 1. The van der Waals surface area contributed by atoms with Crippen LogP contribution in [0.2, 0.25) is 0 Å². The van der Waals surface area contributed by atoms with Gasteiger partial charge < -0.3 is 10.6 Å². The van der Waals surface area contributed by atoms with E-state index in [-0.39, 0.29) is 24.8 Å². The Morgan fingerprint density at radius 3 is 2.64 bits per heavy atom. The molecule has 3 nitrogen and oxygen atoms in total. The number of piperidine rings is 1. The molecule has 0 aliphatic carbocycles. The fraction of sp³-hybridized carbons (Fsp3) is 0.625. The first kappa shape index (κ1) is 14.0. The highest BCUT2D eigenvalue weighted by Crippen LogP contribution is 2.15. The highest BCUT2D eigenvalue weighted by atomic mass is 35.5. The van der Waals surface area contributed by atoms with E-state index in [1.54, 1.807) is 11.3 Å². The molecule has 2 heterocycles. The summed E-state index contributed by atoms with van der Waals surface area (Å²) in [5.74, 6) is 0. The van der Waals surface area contributed by atoms with Gasteiger partial charge in [-0.2, -0.15) is 0 Å². The summed E-state index contributed by atoms with van der Waals surface area (Å²) in [4.78, 5) is 4.20. The fourth-order valence-electron chi connectivity index (χ4n) is 1.44. The Balaban J connectivity index is 0.000000845. The van der Waals surface area contributed by atoms with Crippen molar-refractivity contribution in [1.82, 2.24) is 10.3 Å². The first-order valence-corrected chi connectivity index (χ1v) is 5.20. The van der Waals surface area contributed by atoms with Crippen molar-refractivity contribution in [2.45, 2.75) is 18.9 Å². The van der Waals surface area contributed by atoms with E-state index in [9.17, 15) is 0 Å². The molecule has 2 rings (SSSR count). The molecule has 1 aliphatic rings. The lowest BCUT2D eigenvalue weighted by Crippen LogP contribution is -2.35. The van der Waals surface area contributed by atoms with Gasteiger partial charge in [0.1, 0.15) is 0 Å². The third kappa shape index (κ3) is 4.00. The molecule has 1 aliphatic heterocycles. The molecule has 0 saturated carbocycles. The van der Waals surface area contributed by atoms with Crippen LogP contribution in [-0.2, 0) is 0 Å². The summed E-state index contributed by atoms with van der Waals surface area (Å²) in [6.07, 6.45) is 4.26. The van der Waals surface area contributed by atoms with Crippen LogP contribution in [0.4, 0.5) is 5.13 Å². The monoisotopic (exact) mass is 255 g/mol. The molecule has 2 N–H and O–H groups in total. The van der Waals surface area contributed by atoms with Gasteiger partial charge in [-0.3, -0.25) is 0 Å². The van der Waals surface area contributed by atoms with Gasteiger partial charge >= 0.3 is 0 Å². The molecule has 0 amide bonds. The van der Waals surface area contributed by atoms with E-state index in [4.69, 9.17) is 0 Å². The lowest BCUT2D eigenvalue weighted by molar-refractivity contribution is 0.479. The number of halogens is 2. The Kier molecular flexibility index (Phi) is 7.27. The summed E-state index contributed by atoms with van der Waals surface area (Å²) in [6.45, 7) is 2.26. The minimum Gasteiger partial charge on any atom is -0.359 e. The quantitative estimate of drug-likeness (QED) is 0.851. The molecule has 0 bridgehead atoms. The Bertz CT molecular complexity index is 225. The summed E-state index contributed by atoms with van der Waals surface area (Å²) in [5.41, 5.74) is 0. The van der Waals surface area contributed by atoms with Gasteiger partial charge in [-0.15, -0.1) is 36.2 Å². The molecular formula is C8H15Cl2N3S. The highest BCUT2D eigenvalue weighted by molar-refractivity contribution is 7.13. The number of nitrogens with one attached hydrogen (secondary N) is 2. The van der Waals surface area contributed by atoms with Crippen LogP contribution in [0.1, 0.15) is 12.8 Å². The maximum Gasteiger partial charge on any atom is 0.182 e. The lowest BCUT2D eigenvalue weighted by atomic mass is 10.1. The summed E-state index contributed by atoms with van der Waals surface area (Å²) < 4.78 is 0. The van der Waals surface area contributed by atoms with E-state index in [0.717, 1.165) is 18.2 Å². The second kappa shape index (κ2) is 7.29. The average molecular weight is 256 g/mol. The SMILES string of the molecule is Cl.Cl.c1csc(NC2CCNCC2)n1. The second-order valence-corrected chi connectivity index (χ2v) is 3.90. The average Bonchev–Trinajstić information content (AvgIpc) is 2.59. The molecule has 6 heteroatoms. The van der Waals surface area contributed by atoms with E-state index in [0.29, 0.717) is 6.04 Å². The Morgan fingerprint density at radius 2 is 2.07 bits per heavy atom. The molecule has 1 fully saturated rings. The molecule has 1 aromatic rings. The molecule has 0 spiro atoms. The van der Waals surface area contributed by atoms with E-state index in [1.807, 2.05) is 11.6 Å². The van der Waals surface area contributed by atoms with Crippen LogP contribution >= 0.6 is 36.2 Å². The van der Waals surface area contributed by atoms with Crippen LogP contribution in [-0.4, -0.2) is 24.1 Å². The van der Waals surface area contributed by atoms with Gasteiger partial charge in [0.05, 0.1) is 0 Å². The van der Waals surface area contributed by atoms with Crippen molar-refractivity contribution in [1.29, 1.82) is 0 Å². The van der Waals surface area contributed by atoms with Gasteiger partial charge in [0, 0.05) is 17.6 Å². The van der Waals surface area contributed by atoms with Crippen molar-refractivity contribution in [3.63, 3.8) is 0 Å². The number of hydrogen-bond donors (Lipinski definition) is 2. The molecule has 0 aromatic carbocycles.